The van der Waals surface area contributed by atoms with E-state index in [4.69, 9.17) is 5.11 Å². The summed E-state index contributed by atoms with van der Waals surface area (Å²) >= 11 is 0. The molecule has 0 saturated carbocycles. The molecule has 0 atom stereocenters. The van der Waals surface area contributed by atoms with Crippen LogP contribution in [0, 0.1) is 11.7 Å². The number of carbonyl (C=O) groups excluding carboxylic acids is 1. The third-order valence-electron chi connectivity index (χ3n) is 2.57. The van der Waals surface area contributed by atoms with Gasteiger partial charge < -0.3 is 5.11 Å². The zero-order chi connectivity index (χ0) is 13.7. The van der Waals surface area contributed by atoms with Crippen molar-refractivity contribution in [1.29, 1.82) is 0 Å². The van der Waals surface area contributed by atoms with Crippen LogP contribution >= 0.6 is 0 Å². The predicted molar refractivity (Wildman–Crippen MR) is 66.1 cm³/mol. The molecule has 0 amide bonds. The molecule has 0 unspecified atom stereocenters. The summed E-state index contributed by atoms with van der Waals surface area (Å²) in [5.74, 6) is -1.24. The maximum atomic E-state index is 13.4. The Hall–Kier alpha value is -1.71. The smallest absolute Gasteiger partial charge is 0.303 e. The summed E-state index contributed by atoms with van der Waals surface area (Å²) in [5, 5.41) is 8.57. The molecule has 98 valence electrons. The van der Waals surface area contributed by atoms with Gasteiger partial charge in [0.1, 0.15) is 5.82 Å². The quantitative estimate of drug-likeness (QED) is 0.791. The van der Waals surface area contributed by atoms with Gasteiger partial charge in [-0.3, -0.25) is 9.59 Å². The number of aliphatic carboxylic acids is 1. The van der Waals surface area contributed by atoms with Gasteiger partial charge in [0.15, 0.2) is 5.78 Å². The Morgan fingerprint density at radius 2 is 2.00 bits per heavy atom. The van der Waals surface area contributed by atoms with E-state index >= 15 is 0 Å². The van der Waals surface area contributed by atoms with E-state index in [0.29, 0.717) is 12.0 Å². The summed E-state index contributed by atoms with van der Waals surface area (Å²) in [6, 6.07) is 4.14. The van der Waals surface area contributed by atoms with Crippen LogP contribution in [-0.2, 0) is 11.2 Å². The standard InChI is InChI=1S/C14H17FO3/c1-9(2)7-13(16)11-3-5-12(15)10(8-11)4-6-14(17)18/h3,5,8-9H,4,6-7H2,1-2H3,(H,17,18). The van der Waals surface area contributed by atoms with Gasteiger partial charge in [-0.05, 0) is 36.1 Å². The van der Waals surface area contributed by atoms with Crippen LogP contribution in [-0.4, -0.2) is 16.9 Å². The summed E-state index contributed by atoms with van der Waals surface area (Å²) in [7, 11) is 0. The first-order chi connectivity index (χ1) is 8.40. The largest absolute Gasteiger partial charge is 0.481 e. The van der Waals surface area contributed by atoms with E-state index in [1.54, 1.807) is 0 Å². The van der Waals surface area contributed by atoms with E-state index in [-0.39, 0.29) is 30.1 Å². The van der Waals surface area contributed by atoms with Gasteiger partial charge >= 0.3 is 5.97 Å². The first-order valence-electron chi connectivity index (χ1n) is 5.93. The Bertz CT molecular complexity index is 452. The molecule has 1 N–H and O–H groups in total. The molecule has 0 aromatic heterocycles. The molecular weight excluding hydrogens is 235 g/mol. The molecule has 3 nitrogen and oxygen atoms in total. The van der Waals surface area contributed by atoms with Crippen molar-refractivity contribution in [3.05, 3.63) is 35.1 Å². The average Bonchev–Trinajstić information content (AvgIpc) is 2.26. The predicted octanol–water partition coefficient (Wildman–Crippen LogP) is 3.07. The van der Waals surface area contributed by atoms with Gasteiger partial charge in [0.2, 0.25) is 0 Å². The SMILES string of the molecule is CC(C)CC(=O)c1ccc(F)c(CCC(=O)O)c1. The molecule has 1 aromatic rings. The van der Waals surface area contributed by atoms with Crippen LogP contribution in [0.3, 0.4) is 0 Å². The van der Waals surface area contributed by atoms with Crippen molar-refractivity contribution in [2.24, 2.45) is 5.92 Å². The van der Waals surface area contributed by atoms with Gasteiger partial charge in [-0.2, -0.15) is 0 Å². The first kappa shape index (κ1) is 14.4. The number of ketones is 1. The van der Waals surface area contributed by atoms with Crippen molar-refractivity contribution in [2.75, 3.05) is 0 Å². The Morgan fingerprint density at radius 3 is 2.56 bits per heavy atom. The average molecular weight is 252 g/mol. The number of benzene rings is 1. The molecule has 0 aliphatic heterocycles. The van der Waals surface area contributed by atoms with Gasteiger partial charge in [0, 0.05) is 18.4 Å². The monoisotopic (exact) mass is 252 g/mol. The minimum Gasteiger partial charge on any atom is -0.481 e. The maximum Gasteiger partial charge on any atom is 0.303 e. The van der Waals surface area contributed by atoms with Gasteiger partial charge in [-0.25, -0.2) is 4.39 Å². The Morgan fingerprint density at radius 1 is 1.33 bits per heavy atom. The molecule has 0 radical (unpaired) electrons. The summed E-state index contributed by atoms with van der Waals surface area (Å²) in [6.45, 7) is 3.87. The minimum atomic E-state index is -0.978. The fourth-order valence-corrected chi connectivity index (χ4v) is 1.67. The molecule has 18 heavy (non-hydrogen) atoms. The van der Waals surface area contributed by atoms with E-state index in [1.807, 2.05) is 13.8 Å². The first-order valence-corrected chi connectivity index (χ1v) is 5.93. The van der Waals surface area contributed by atoms with E-state index in [1.165, 1.54) is 18.2 Å². The second-order valence-electron chi connectivity index (χ2n) is 4.72. The molecule has 1 rings (SSSR count). The van der Waals surface area contributed by atoms with Crippen molar-refractivity contribution < 1.29 is 19.1 Å². The normalized spacial score (nSPS) is 10.7. The number of Topliss-reactive ketones (excluding diaryl/α,β-unsaturated/α-hetero) is 1. The highest BCUT2D eigenvalue weighted by atomic mass is 19.1. The lowest BCUT2D eigenvalue weighted by Crippen LogP contribution is -2.06. The summed E-state index contributed by atoms with van der Waals surface area (Å²) < 4.78 is 13.4. The van der Waals surface area contributed by atoms with Crippen molar-refractivity contribution in [1.82, 2.24) is 0 Å². The third-order valence-corrected chi connectivity index (χ3v) is 2.57. The molecule has 0 bridgehead atoms. The molecule has 0 saturated heterocycles. The highest BCUT2D eigenvalue weighted by Crippen LogP contribution is 2.16. The lowest BCUT2D eigenvalue weighted by atomic mass is 9.98. The molecule has 0 aliphatic rings. The van der Waals surface area contributed by atoms with Crippen molar-refractivity contribution >= 4 is 11.8 Å². The molecule has 0 aliphatic carbocycles. The van der Waals surface area contributed by atoms with E-state index in [0.717, 1.165) is 0 Å². The molecular formula is C14H17FO3. The molecule has 0 heterocycles. The van der Waals surface area contributed by atoms with Crippen LogP contribution in [0.1, 0.15) is 42.6 Å². The summed E-state index contributed by atoms with van der Waals surface area (Å²) in [5.41, 5.74) is 0.734. The van der Waals surface area contributed by atoms with Crippen molar-refractivity contribution in [3.8, 4) is 0 Å². The molecule has 4 heteroatoms. The number of rotatable bonds is 6. The third kappa shape index (κ3) is 4.28. The van der Waals surface area contributed by atoms with Crippen LogP contribution in [0.25, 0.3) is 0 Å². The Kier molecular flexibility index (Phi) is 5.01. The zero-order valence-corrected chi connectivity index (χ0v) is 10.6. The topological polar surface area (TPSA) is 54.4 Å². The van der Waals surface area contributed by atoms with Crippen molar-refractivity contribution in [2.45, 2.75) is 33.1 Å². The van der Waals surface area contributed by atoms with E-state index < -0.39 is 11.8 Å². The lowest BCUT2D eigenvalue weighted by Gasteiger charge is -2.07. The number of hydrogen-bond acceptors (Lipinski definition) is 2. The van der Waals surface area contributed by atoms with E-state index in [9.17, 15) is 14.0 Å². The fourth-order valence-electron chi connectivity index (χ4n) is 1.67. The van der Waals surface area contributed by atoms with E-state index in [2.05, 4.69) is 0 Å². The van der Waals surface area contributed by atoms with Gasteiger partial charge in [0.25, 0.3) is 0 Å². The second-order valence-corrected chi connectivity index (χ2v) is 4.72. The second kappa shape index (κ2) is 6.28. The summed E-state index contributed by atoms with van der Waals surface area (Å²) in [4.78, 5) is 22.3. The highest BCUT2D eigenvalue weighted by Gasteiger charge is 2.12. The van der Waals surface area contributed by atoms with Crippen LogP contribution in [0.5, 0.6) is 0 Å². The molecule has 1 aromatic carbocycles. The highest BCUT2D eigenvalue weighted by molar-refractivity contribution is 5.96. The number of hydrogen-bond donors (Lipinski definition) is 1. The van der Waals surface area contributed by atoms with Crippen LogP contribution in [0.2, 0.25) is 0 Å². The maximum absolute atomic E-state index is 13.4. The Labute approximate surface area is 106 Å². The van der Waals surface area contributed by atoms with Gasteiger partial charge in [-0.15, -0.1) is 0 Å². The zero-order valence-electron chi connectivity index (χ0n) is 10.6. The van der Waals surface area contributed by atoms with Gasteiger partial charge in [0.05, 0.1) is 0 Å². The summed E-state index contributed by atoms with van der Waals surface area (Å²) in [6.07, 6.45) is 0.368. The number of aryl methyl sites for hydroxylation is 1. The van der Waals surface area contributed by atoms with Gasteiger partial charge in [-0.1, -0.05) is 13.8 Å². The van der Waals surface area contributed by atoms with Crippen molar-refractivity contribution in [3.63, 3.8) is 0 Å². The van der Waals surface area contributed by atoms with Crippen LogP contribution in [0.4, 0.5) is 4.39 Å². The lowest BCUT2D eigenvalue weighted by molar-refractivity contribution is -0.136. The minimum absolute atomic E-state index is 0.0402. The molecule has 0 spiro atoms. The number of carboxylic acid groups (broad SMARTS) is 1. The number of halogens is 1. The molecule has 0 fully saturated rings. The number of carboxylic acids is 1. The van der Waals surface area contributed by atoms with Crippen LogP contribution in [0.15, 0.2) is 18.2 Å². The Balaban J connectivity index is 2.86. The van der Waals surface area contributed by atoms with Crippen LogP contribution < -0.4 is 0 Å². The fraction of sp³-hybridized carbons (Fsp3) is 0.429. The number of carbonyl (C=O) groups is 2.